The van der Waals surface area contributed by atoms with Crippen LogP contribution in [0.5, 0.6) is 0 Å². The molecule has 2 rings (SSSR count). The lowest BCUT2D eigenvalue weighted by molar-refractivity contribution is 0.189. The Morgan fingerprint density at radius 2 is 2.38 bits per heavy atom. The molecule has 1 aliphatic heterocycles. The minimum Gasteiger partial charge on any atom is -0.392 e. The topological polar surface area (TPSA) is 75.4 Å². The van der Waals surface area contributed by atoms with Crippen LogP contribution in [0.2, 0.25) is 0 Å². The number of hydrogen-bond acceptors (Lipinski definition) is 4. The second-order valence-corrected chi connectivity index (χ2v) is 5.78. The van der Waals surface area contributed by atoms with Gasteiger partial charge in [0.25, 0.3) is 0 Å². The van der Waals surface area contributed by atoms with Crippen molar-refractivity contribution in [3.8, 4) is 0 Å². The molecule has 7 heteroatoms. The zero-order valence-electron chi connectivity index (χ0n) is 9.07. The molecule has 0 bridgehead atoms. The number of aromatic nitrogens is 2. The summed E-state index contributed by atoms with van der Waals surface area (Å²) in [6, 6.07) is 0. The average molecular weight is 245 g/mol. The highest BCUT2D eigenvalue weighted by molar-refractivity contribution is 7.89. The van der Waals surface area contributed by atoms with E-state index in [1.165, 1.54) is 16.7 Å². The fourth-order valence-corrected chi connectivity index (χ4v) is 3.18. The number of nitrogens with zero attached hydrogens (tertiary/aromatic N) is 3. The van der Waals surface area contributed by atoms with Crippen molar-refractivity contribution in [1.82, 2.24) is 14.1 Å². The number of β-amino-alcohol motifs (C(OH)–C–C–N with tert-alkyl or cyclic N) is 1. The van der Waals surface area contributed by atoms with Gasteiger partial charge in [0.15, 0.2) is 0 Å². The van der Waals surface area contributed by atoms with Gasteiger partial charge in [-0.3, -0.25) is 4.68 Å². The lowest BCUT2D eigenvalue weighted by Gasteiger charge is -2.13. The number of aliphatic hydroxyl groups excluding tert-OH is 1. The molecule has 1 aromatic rings. The van der Waals surface area contributed by atoms with E-state index in [9.17, 15) is 13.5 Å². The first-order valence-corrected chi connectivity index (χ1v) is 6.68. The van der Waals surface area contributed by atoms with Crippen molar-refractivity contribution in [1.29, 1.82) is 0 Å². The fourth-order valence-electron chi connectivity index (χ4n) is 1.73. The molecule has 1 atom stereocenters. The first-order valence-electron chi connectivity index (χ1n) is 5.24. The summed E-state index contributed by atoms with van der Waals surface area (Å²) in [4.78, 5) is 0.198. The van der Waals surface area contributed by atoms with Gasteiger partial charge in [0, 0.05) is 25.8 Å². The third-order valence-corrected chi connectivity index (χ3v) is 4.52. The lowest BCUT2D eigenvalue weighted by Crippen LogP contribution is -2.29. The van der Waals surface area contributed by atoms with Gasteiger partial charge in [-0.15, -0.1) is 0 Å². The normalized spacial score (nSPS) is 22.8. The smallest absolute Gasteiger partial charge is 0.246 e. The van der Waals surface area contributed by atoms with Gasteiger partial charge in [-0.05, 0) is 13.3 Å². The summed E-state index contributed by atoms with van der Waals surface area (Å²) in [5, 5.41) is 13.3. The maximum atomic E-state index is 12.1. The standard InChI is InChI=1S/C9H15N3O3S/c1-2-11-7-9(5-10-11)16(14,15)12-4-3-8(13)6-12/h5,7-8,13H,2-4,6H2,1H3/t8-/m1/s1. The molecule has 0 unspecified atom stereocenters. The van der Waals surface area contributed by atoms with Crippen LogP contribution >= 0.6 is 0 Å². The van der Waals surface area contributed by atoms with Gasteiger partial charge in [0.1, 0.15) is 4.90 Å². The van der Waals surface area contributed by atoms with Gasteiger partial charge >= 0.3 is 0 Å². The Morgan fingerprint density at radius 1 is 1.62 bits per heavy atom. The molecule has 0 saturated carbocycles. The summed E-state index contributed by atoms with van der Waals surface area (Å²) in [6.07, 6.45) is 2.82. The highest BCUT2D eigenvalue weighted by Crippen LogP contribution is 2.20. The van der Waals surface area contributed by atoms with E-state index in [0.717, 1.165) is 0 Å². The van der Waals surface area contributed by atoms with E-state index in [1.807, 2.05) is 6.92 Å². The van der Waals surface area contributed by atoms with E-state index in [0.29, 0.717) is 19.5 Å². The summed E-state index contributed by atoms with van der Waals surface area (Å²) in [5.74, 6) is 0. The second kappa shape index (κ2) is 4.15. The van der Waals surface area contributed by atoms with Gasteiger partial charge in [0.2, 0.25) is 10.0 Å². The maximum Gasteiger partial charge on any atom is 0.246 e. The predicted molar refractivity (Wildman–Crippen MR) is 57.3 cm³/mol. The first-order chi connectivity index (χ1) is 7.54. The van der Waals surface area contributed by atoms with Gasteiger partial charge in [0.05, 0.1) is 12.3 Å². The van der Waals surface area contributed by atoms with Crippen LogP contribution in [0.4, 0.5) is 0 Å². The summed E-state index contributed by atoms with van der Waals surface area (Å²) in [5.41, 5.74) is 0. The number of aryl methyl sites for hydroxylation is 1. The SMILES string of the molecule is CCn1cc(S(=O)(=O)N2CC[C@@H](O)C2)cn1. The summed E-state index contributed by atoms with van der Waals surface area (Å²) < 4.78 is 27.0. The van der Waals surface area contributed by atoms with Crippen molar-refractivity contribution in [2.75, 3.05) is 13.1 Å². The van der Waals surface area contributed by atoms with Crippen LogP contribution in [-0.4, -0.2) is 46.8 Å². The molecule has 0 amide bonds. The molecule has 90 valence electrons. The van der Waals surface area contributed by atoms with Gasteiger partial charge < -0.3 is 5.11 Å². The van der Waals surface area contributed by atoms with Crippen molar-refractivity contribution in [3.63, 3.8) is 0 Å². The monoisotopic (exact) mass is 245 g/mol. The van der Waals surface area contributed by atoms with E-state index in [1.54, 1.807) is 4.68 Å². The second-order valence-electron chi connectivity index (χ2n) is 3.84. The molecule has 0 radical (unpaired) electrons. The summed E-state index contributed by atoms with van der Waals surface area (Å²) in [6.45, 7) is 3.08. The van der Waals surface area contributed by atoms with Crippen molar-refractivity contribution in [3.05, 3.63) is 12.4 Å². The number of aliphatic hydroxyl groups is 1. The quantitative estimate of drug-likeness (QED) is 0.790. The molecule has 2 heterocycles. The Morgan fingerprint density at radius 3 is 2.88 bits per heavy atom. The third-order valence-electron chi connectivity index (χ3n) is 2.70. The lowest BCUT2D eigenvalue weighted by atomic mass is 10.3. The van der Waals surface area contributed by atoms with Crippen molar-refractivity contribution in [2.24, 2.45) is 0 Å². The average Bonchev–Trinajstić information content (AvgIpc) is 2.85. The highest BCUT2D eigenvalue weighted by Gasteiger charge is 2.32. The largest absolute Gasteiger partial charge is 0.392 e. The molecule has 6 nitrogen and oxygen atoms in total. The van der Waals surface area contributed by atoms with Gasteiger partial charge in [-0.2, -0.15) is 9.40 Å². The minimum absolute atomic E-state index is 0.180. The molecule has 1 aromatic heterocycles. The number of rotatable bonds is 3. The van der Waals surface area contributed by atoms with Crippen molar-refractivity contribution in [2.45, 2.75) is 30.9 Å². The predicted octanol–water partition coefficient (Wildman–Crippen LogP) is -0.342. The Labute approximate surface area is 94.5 Å². The highest BCUT2D eigenvalue weighted by atomic mass is 32.2. The van der Waals surface area contributed by atoms with Crippen molar-refractivity contribution >= 4 is 10.0 Å². The van der Waals surface area contributed by atoms with E-state index in [-0.39, 0.29) is 11.4 Å². The Balaban J connectivity index is 2.25. The van der Waals surface area contributed by atoms with Crippen LogP contribution < -0.4 is 0 Å². The Bertz CT molecular complexity index is 468. The number of hydrogen-bond donors (Lipinski definition) is 1. The van der Waals surface area contributed by atoms with Crippen LogP contribution in [0.3, 0.4) is 0 Å². The van der Waals surface area contributed by atoms with Crippen LogP contribution in [0.15, 0.2) is 17.3 Å². The Kier molecular flexibility index (Phi) is 3.00. The van der Waals surface area contributed by atoms with Crippen molar-refractivity contribution < 1.29 is 13.5 Å². The van der Waals surface area contributed by atoms with Crippen LogP contribution in [0.25, 0.3) is 0 Å². The van der Waals surface area contributed by atoms with Crippen LogP contribution in [-0.2, 0) is 16.6 Å². The Hall–Kier alpha value is -0.920. The third kappa shape index (κ3) is 1.98. The van der Waals surface area contributed by atoms with E-state index >= 15 is 0 Å². The van der Waals surface area contributed by atoms with Crippen LogP contribution in [0, 0.1) is 0 Å². The molecule has 16 heavy (non-hydrogen) atoms. The molecular formula is C9H15N3O3S. The zero-order valence-corrected chi connectivity index (χ0v) is 9.89. The first kappa shape index (κ1) is 11.6. The molecule has 1 saturated heterocycles. The zero-order chi connectivity index (χ0) is 11.8. The van der Waals surface area contributed by atoms with E-state index < -0.39 is 16.1 Å². The molecule has 0 spiro atoms. The molecule has 0 aliphatic carbocycles. The molecular weight excluding hydrogens is 230 g/mol. The van der Waals surface area contributed by atoms with Crippen LogP contribution in [0.1, 0.15) is 13.3 Å². The molecule has 0 aromatic carbocycles. The fraction of sp³-hybridized carbons (Fsp3) is 0.667. The molecule has 1 fully saturated rings. The van der Waals surface area contributed by atoms with E-state index in [2.05, 4.69) is 5.10 Å². The molecule has 1 aliphatic rings. The number of sulfonamides is 1. The molecule has 1 N–H and O–H groups in total. The summed E-state index contributed by atoms with van der Waals surface area (Å²) in [7, 11) is -3.47. The maximum absolute atomic E-state index is 12.1. The van der Waals surface area contributed by atoms with Gasteiger partial charge in [-0.1, -0.05) is 0 Å². The summed E-state index contributed by atoms with van der Waals surface area (Å²) >= 11 is 0. The minimum atomic E-state index is -3.47. The van der Waals surface area contributed by atoms with E-state index in [4.69, 9.17) is 0 Å². The van der Waals surface area contributed by atoms with Gasteiger partial charge in [-0.25, -0.2) is 8.42 Å².